The second-order valence-corrected chi connectivity index (χ2v) is 7.79. The summed E-state index contributed by atoms with van der Waals surface area (Å²) in [5.41, 5.74) is 0. The minimum absolute atomic E-state index is 0.284. The van der Waals surface area contributed by atoms with Gasteiger partial charge in [0.05, 0.1) is 19.4 Å². The number of nitrogens with one attached hydrogen (secondary N) is 1. The molecule has 0 bridgehead atoms. The highest BCUT2D eigenvalue weighted by atomic mass is 32.1. The number of ether oxygens (including phenoxy) is 1. The largest absolute Gasteiger partial charge is 0.378 e. The number of nitrogens with zero attached hydrogens (tertiary/aromatic N) is 4. The minimum Gasteiger partial charge on any atom is -0.378 e. The van der Waals surface area contributed by atoms with Gasteiger partial charge in [-0.2, -0.15) is 4.98 Å². The quantitative estimate of drug-likeness (QED) is 0.864. The molecular weight excluding hydrogens is 353 g/mol. The van der Waals surface area contributed by atoms with Crippen LogP contribution in [0.5, 0.6) is 0 Å². The smallest absolute Gasteiger partial charge is 0.225 e. The van der Waals surface area contributed by atoms with E-state index in [1.54, 1.807) is 11.3 Å². The Bertz CT molecular complexity index is 708. The predicted octanol–water partition coefficient (Wildman–Crippen LogP) is 2.59. The highest BCUT2D eigenvalue weighted by molar-refractivity contribution is 7.09. The van der Waals surface area contributed by atoms with Gasteiger partial charge in [0.2, 0.25) is 5.95 Å². The van der Waals surface area contributed by atoms with Gasteiger partial charge >= 0.3 is 0 Å². The fraction of sp³-hybridized carbons (Fsp3) is 0.556. The van der Waals surface area contributed by atoms with E-state index in [9.17, 15) is 4.39 Å². The molecule has 2 aliphatic heterocycles. The molecular formula is C18H24FN5OS. The molecule has 2 saturated heterocycles. The average Bonchev–Trinajstić information content (AvgIpc) is 3.17. The molecule has 4 heterocycles. The maximum Gasteiger partial charge on any atom is 0.225 e. The summed E-state index contributed by atoms with van der Waals surface area (Å²) < 4.78 is 19.5. The summed E-state index contributed by atoms with van der Waals surface area (Å²) in [4.78, 5) is 14.4. The van der Waals surface area contributed by atoms with E-state index in [-0.39, 0.29) is 11.9 Å². The van der Waals surface area contributed by atoms with Crippen molar-refractivity contribution in [1.29, 1.82) is 0 Å². The van der Waals surface area contributed by atoms with Crippen molar-refractivity contribution in [2.24, 2.45) is 0 Å². The molecule has 8 heteroatoms. The SMILES string of the molecule is Fc1cnc(NC2CCCN(Cc3cccs3)C2)nc1N1CCOCC1. The normalized spacial score (nSPS) is 21.7. The first-order chi connectivity index (χ1) is 12.8. The number of rotatable bonds is 5. The van der Waals surface area contributed by atoms with Crippen LogP contribution >= 0.6 is 11.3 Å². The van der Waals surface area contributed by atoms with Crippen molar-refractivity contribution in [2.75, 3.05) is 49.6 Å². The van der Waals surface area contributed by atoms with Gasteiger partial charge < -0.3 is 15.0 Å². The summed E-state index contributed by atoms with van der Waals surface area (Å²) in [6.45, 7) is 5.57. The zero-order valence-electron chi connectivity index (χ0n) is 14.7. The number of piperidine rings is 1. The number of anilines is 2. The third-order valence-electron chi connectivity index (χ3n) is 4.83. The molecule has 4 rings (SSSR count). The monoisotopic (exact) mass is 377 g/mol. The Hall–Kier alpha value is -1.77. The third-order valence-corrected chi connectivity index (χ3v) is 5.70. The molecule has 1 unspecified atom stereocenters. The summed E-state index contributed by atoms with van der Waals surface area (Å²) in [6.07, 6.45) is 3.49. The Balaban J connectivity index is 1.40. The molecule has 0 aliphatic carbocycles. The molecule has 2 aliphatic rings. The van der Waals surface area contributed by atoms with Gasteiger partial charge in [-0.3, -0.25) is 4.90 Å². The maximum absolute atomic E-state index is 14.2. The van der Waals surface area contributed by atoms with Crippen LogP contribution in [0.4, 0.5) is 16.2 Å². The van der Waals surface area contributed by atoms with Crippen molar-refractivity contribution in [3.05, 3.63) is 34.4 Å². The van der Waals surface area contributed by atoms with Crippen LogP contribution in [0.2, 0.25) is 0 Å². The maximum atomic E-state index is 14.2. The number of thiophene rings is 1. The summed E-state index contributed by atoms with van der Waals surface area (Å²) in [6, 6.07) is 4.56. The predicted molar refractivity (Wildman–Crippen MR) is 101 cm³/mol. The van der Waals surface area contributed by atoms with Gasteiger partial charge in [-0.05, 0) is 30.8 Å². The highest BCUT2D eigenvalue weighted by Crippen LogP contribution is 2.21. The molecule has 2 aromatic rings. The van der Waals surface area contributed by atoms with Crippen LogP contribution < -0.4 is 10.2 Å². The van der Waals surface area contributed by atoms with E-state index in [4.69, 9.17) is 4.74 Å². The number of aromatic nitrogens is 2. The first kappa shape index (κ1) is 17.6. The van der Waals surface area contributed by atoms with Gasteiger partial charge in [-0.15, -0.1) is 11.3 Å². The second-order valence-electron chi connectivity index (χ2n) is 6.76. The highest BCUT2D eigenvalue weighted by Gasteiger charge is 2.22. The Labute approximate surface area is 157 Å². The zero-order valence-corrected chi connectivity index (χ0v) is 15.6. The van der Waals surface area contributed by atoms with Gasteiger partial charge in [-0.25, -0.2) is 9.37 Å². The molecule has 0 amide bonds. The summed E-state index contributed by atoms with van der Waals surface area (Å²) >= 11 is 1.80. The van der Waals surface area contributed by atoms with Crippen LogP contribution in [0.3, 0.4) is 0 Å². The number of morpholine rings is 1. The van der Waals surface area contributed by atoms with Gasteiger partial charge in [0.1, 0.15) is 0 Å². The Morgan fingerprint density at radius 1 is 1.31 bits per heavy atom. The van der Waals surface area contributed by atoms with Gasteiger partial charge in [0.15, 0.2) is 11.6 Å². The lowest BCUT2D eigenvalue weighted by atomic mass is 10.1. The fourth-order valence-electron chi connectivity index (χ4n) is 3.55. The van der Waals surface area contributed by atoms with Crippen LogP contribution in [-0.4, -0.2) is 60.3 Å². The lowest BCUT2D eigenvalue weighted by molar-refractivity contribution is 0.122. The van der Waals surface area contributed by atoms with Crippen molar-refractivity contribution in [3.8, 4) is 0 Å². The first-order valence-electron chi connectivity index (χ1n) is 9.14. The standard InChI is InChI=1S/C18H24FN5OS/c19-16-11-20-18(22-17(16)24-6-8-25-9-7-24)21-14-3-1-5-23(12-14)13-15-4-2-10-26-15/h2,4,10-11,14H,1,3,5-9,12-13H2,(H,20,21,22). The number of hydrogen-bond donors (Lipinski definition) is 1. The number of hydrogen-bond acceptors (Lipinski definition) is 7. The summed E-state index contributed by atoms with van der Waals surface area (Å²) in [5.74, 6) is 0.508. The summed E-state index contributed by atoms with van der Waals surface area (Å²) in [5, 5.41) is 5.53. The van der Waals surface area contributed by atoms with Crippen molar-refractivity contribution in [3.63, 3.8) is 0 Å². The minimum atomic E-state index is -0.375. The van der Waals surface area contributed by atoms with E-state index in [2.05, 4.69) is 37.7 Å². The molecule has 0 spiro atoms. The van der Waals surface area contributed by atoms with Crippen LogP contribution in [0.15, 0.2) is 23.7 Å². The molecule has 0 aromatic carbocycles. The van der Waals surface area contributed by atoms with Gasteiger partial charge in [0.25, 0.3) is 0 Å². The molecule has 2 fully saturated rings. The van der Waals surface area contributed by atoms with E-state index in [0.717, 1.165) is 32.5 Å². The lowest BCUT2D eigenvalue weighted by Gasteiger charge is -2.33. The Morgan fingerprint density at radius 2 is 2.19 bits per heavy atom. The molecule has 6 nitrogen and oxygen atoms in total. The van der Waals surface area contributed by atoms with Gasteiger partial charge in [0, 0.05) is 37.1 Å². The van der Waals surface area contributed by atoms with Crippen molar-refractivity contribution in [1.82, 2.24) is 14.9 Å². The number of halogens is 1. The van der Waals surface area contributed by atoms with Crippen molar-refractivity contribution < 1.29 is 9.13 Å². The molecule has 1 N–H and O–H groups in total. The van der Waals surface area contributed by atoms with E-state index in [0.29, 0.717) is 38.1 Å². The van der Waals surface area contributed by atoms with E-state index in [1.807, 2.05) is 4.90 Å². The average molecular weight is 377 g/mol. The Morgan fingerprint density at radius 3 is 3.00 bits per heavy atom. The van der Waals surface area contributed by atoms with Crippen LogP contribution in [-0.2, 0) is 11.3 Å². The first-order valence-corrected chi connectivity index (χ1v) is 10.0. The van der Waals surface area contributed by atoms with Crippen LogP contribution in [0.1, 0.15) is 17.7 Å². The molecule has 1 atom stereocenters. The van der Waals surface area contributed by atoms with Crippen molar-refractivity contribution >= 4 is 23.1 Å². The second kappa shape index (κ2) is 8.28. The van der Waals surface area contributed by atoms with Gasteiger partial charge in [-0.1, -0.05) is 6.07 Å². The third kappa shape index (κ3) is 4.31. The molecule has 140 valence electrons. The zero-order chi connectivity index (χ0) is 17.8. The van der Waals surface area contributed by atoms with E-state index < -0.39 is 0 Å². The van der Waals surface area contributed by atoms with Crippen LogP contribution in [0, 0.1) is 5.82 Å². The lowest BCUT2D eigenvalue weighted by Crippen LogP contribution is -2.42. The fourth-order valence-corrected chi connectivity index (χ4v) is 4.29. The molecule has 2 aromatic heterocycles. The molecule has 0 radical (unpaired) electrons. The summed E-state index contributed by atoms with van der Waals surface area (Å²) in [7, 11) is 0. The number of likely N-dealkylation sites (tertiary alicyclic amines) is 1. The Kier molecular flexibility index (Phi) is 5.62. The topological polar surface area (TPSA) is 53.5 Å². The molecule has 0 saturated carbocycles. The molecule has 26 heavy (non-hydrogen) atoms. The van der Waals surface area contributed by atoms with Crippen LogP contribution in [0.25, 0.3) is 0 Å². The van der Waals surface area contributed by atoms with E-state index >= 15 is 0 Å². The van der Waals surface area contributed by atoms with E-state index in [1.165, 1.54) is 11.1 Å². The van der Waals surface area contributed by atoms with Crippen molar-refractivity contribution in [2.45, 2.75) is 25.4 Å².